The molecule has 1 aromatic heterocycles. The number of carboxylic acid groups (broad SMARTS) is 1. The van der Waals surface area contributed by atoms with Crippen LogP contribution in [0, 0.1) is 0 Å². The van der Waals surface area contributed by atoms with E-state index in [2.05, 4.69) is 10.4 Å². The third-order valence-electron chi connectivity index (χ3n) is 5.36. The van der Waals surface area contributed by atoms with E-state index < -0.39 is 17.9 Å². The summed E-state index contributed by atoms with van der Waals surface area (Å²) in [4.78, 5) is 24.3. The van der Waals surface area contributed by atoms with E-state index in [1.54, 1.807) is 47.3 Å². The maximum atomic E-state index is 12.6. The molecule has 0 aliphatic carbocycles. The number of carboxylic acids is 1. The van der Waals surface area contributed by atoms with Crippen LogP contribution in [0.3, 0.4) is 0 Å². The first kappa shape index (κ1) is 25.0. The van der Waals surface area contributed by atoms with E-state index >= 15 is 0 Å². The number of phenols is 1. The molecule has 3 N–H and O–H groups in total. The van der Waals surface area contributed by atoms with Gasteiger partial charge in [0.2, 0.25) is 5.91 Å². The quantitative estimate of drug-likeness (QED) is 0.270. The van der Waals surface area contributed by atoms with Crippen molar-refractivity contribution in [2.75, 3.05) is 0 Å². The van der Waals surface area contributed by atoms with Gasteiger partial charge in [0, 0.05) is 29.8 Å². The second-order valence-electron chi connectivity index (χ2n) is 7.95. The zero-order valence-electron chi connectivity index (χ0n) is 18.8. The Labute approximate surface area is 217 Å². The molecule has 4 rings (SSSR count). The normalized spacial score (nSPS) is 11.9. The lowest BCUT2D eigenvalue weighted by molar-refractivity contribution is -0.141. The van der Waals surface area contributed by atoms with Crippen LogP contribution in [0.5, 0.6) is 5.75 Å². The third-order valence-corrected chi connectivity index (χ3v) is 6.10. The molecule has 0 saturated heterocycles. The van der Waals surface area contributed by atoms with E-state index in [1.807, 2.05) is 30.3 Å². The molecular weight excluding hydrogens is 501 g/mol. The molecule has 0 aliphatic heterocycles. The van der Waals surface area contributed by atoms with Crippen LogP contribution in [0.15, 0.2) is 85.1 Å². The van der Waals surface area contributed by atoms with Gasteiger partial charge in [-0.25, -0.2) is 9.48 Å². The van der Waals surface area contributed by atoms with Gasteiger partial charge in [0.1, 0.15) is 17.5 Å². The number of hydrogen-bond acceptors (Lipinski definition) is 4. The number of carbonyl (C=O) groups is 2. The fraction of sp³-hybridized carbons (Fsp3) is 0.0741. The highest BCUT2D eigenvalue weighted by Gasteiger charge is 2.20. The number of halogens is 2. The number of nitrogens with one attached hydrogen (secondary N) is 1. The Morgan fingerprint density at radius 3 is 2.39 bits per heavy atom. The first-order chi connectivity index (χ1) is 17.3. The van der Waals surface area contributed by atoms with E-state index in [1.165, 1.54) is 18.2 Å². The summed E-state index contributed by atoms with van der Waals surface area (Å²) in [5.74, 6) is -1.67. The van der Waals surface area contributed by atoms with Crippen molar-refractivity contribution < 1.29 is 19.8 Å². The third kappa shape index (κ3) is 6.13. The van der Waals surface area contributed by atoms with Gasteiger partial charge in [-0.15, -0.1) is 0 Å². The fourth-order valence-corrected chi connectivity index (χ4v) is 3.84. The number of hydrogen-bond donors (Lipinski definition) is 3. The van der Waals surface area contributed by atoms with Crippen LogP contribution in [-0.2, 0) is 16.0 Å². The van der Waals surface area contributed by atoms with Crippen LogP contribution in [0.4, 0.5) is 0 Å². The molecule has 0 spiro atoms. The molecule has 1 atom stereocenters. The number of amides is 1. The van der Waals surface area contributed by atoms with Crippen LogP contribution >= 0.6 is 23.2 Å². The molecule has 36 heavy (non-hydrogen) atoms. The number of rotatable bonds is 8. The molecule has 1 unspecified atom stereocenters. The summed E-state index contributed by atoms with van der Waals surface area (Å²) in [6.45, 7) is 0. The molecule has 0 radical (unpaired) electrons. The molecule has 182 valence electrons. The Balaban J connectivity index is 1.59. The summed E-state index contributed by atoms with van der Waals surface area (Å²) in [7, 11) is 0. The largest absolute Gasteiger partial charge is 0.508 e. The van der Waals surface area contributed by atoms with E-state index in [9.17, 15) is 19.8 Å². The Bertz CT molecular complexity index is 1420. The molecule has 9 heteroatoms. The van der Waals surface area contributed by atoms with Gasteiger partial charge in [-0.05, 0) is 48.0 Å². The van der Waals surface area contributed by atoms with Gasteiger partial charge >= 0.3 is 5.97 Å². The van der Waals surface area contributed by atoms with Crippen molar-refractivity contribution in [1.82, 2.24) is 15.1 Å². The number of phenolic OH excluding ortho intramolecular Hbond substituents is 1. The maximum absolute atomic E-state index is 12.6. The number of para-hydroxylation sites is 1. The zero-order valence-corrected chi connectivity index (χ0v) is 20.3. The van der Waals surface area contributed by atoms with Crippen LogP contribution < -0.4 is 5.32 Å². The predicted molar refractivity (Wildman–Crippen MR) is 139 cm³/mol. The van der Waals surface area contributed by atoms with Crippen molar-refractivity contribution in [3.8, 4) is 22.7 Å². The summed E-state index contributed by atoms with van der Waals surface area (Å²) >= 11 is 12.3. The Hall–Kier alpha value is -4.07. The Morgan fingerprint density at radius 1 is 1.00 bits per heavy atom. The second kappa shape index (κ2) is 11.1. The van der Waals surface area contributed by atoms with Gasteiger partial charge in [-0.1, -0.05) is 59.6 Å². The second-order valence-corrected chi connectivity index (χ2v) is 8.76. The summed E-state index contributed by atoms with van der Waals surface area (Å²) < 4.78 is 1.68. The molecule has 4 aromatic rings. The van der Waals surface area contributed by atoms with Crippen LogP contribution in [-0.4, -0.2) is 37.9 Å². The molecule has 0 aliphatic rings. The summed E-state index contributed by atoms with van der Waals surface area (Å²) in [6, 6.07) is 19.6. The average Bonchev–Trinajstić information content (AvgIpc) is 3.30. The minimum Gasteiger partial charge on any atom is -0.508 e. The van der Waals surface area contributed by atoms with Gasteiger partial charge in [0.05, 0.1) is 15.7 Å². The Morgan fingerprint density at radius 2 is 1.72 bits per heavy atom. The smallest absolute Gasteiger partial charge is 0.326 e. The number of benzene rings is 3. The first-order valence-corrected chi connectivity index (χ1v) is 11.7. The van der Waals surface area contributed by atoms with Gasteiger partial charge < -0.3 is 15.5 Å². The summed E-state index contributed by atoms with van der Waals surface area (Å²) in [5.41, 5.74) is 3.38. The van der Waals surface area contributed by atoms with Crippen LogP contribution in [0.25, 0.3) is 23.0 Å². The van der Waals surface area contributed by atoms with E-state index in [0.29, 0.717) is 32.4 Å². The molecule has 0 saturated carbocycles. The summed E-state index contributed by atoms with van der Waals surface area (Å²) in [5, 5.41) is 26.9. The van der Waals surface area contributed by atoms with Gasteiger partial charge in [0.25, 0.3) is 0 Å². The van der Waals surface area contributed by atoms with E-state index in [-0.39, 0.29) is 12.2 Å². The minimum absolute atomic E-state index is 0.0651. The highest BCUT2D eigenvalue weighted by atomic mass is 35.5. The standard InChI is InChI=1S/C27H21Cl2N3O4/c28-22-12-8-18(15-23(22)29)26-19(16-32(31-26)20-4-2-1-3-5-20)9-13-25(34)30-24(27(35)36)14-17-6-10-21(33)11-7-17/h1-13,15-16,24,33H,14H2,(H,30,34)(H,35,36)/b13-9+. The van der Waals surface area contributed by atoms with E-state index in [0.717, 1.165) is 5.69 Å². The fourth-order valence-electron chi connectivity index (χ4n) is 3.54. The number of aromatic nitrogens is 2. The average molecular weight is 522 g/mol. The number of aromatic hydroxyl groups is 1. The zero-order chi connectivity index (χ0) is 25.7. The first-order valence-electron chi connectivity index (χ1n) is 10.9. The molecule has 0 fully saturated rings. The van der Waals surface area contributed by atoms with Crippen molar-refractivity contribution in [2.45, 2.75) is 12.5 Å². The topological polar surface area (TPSA) is 104 Å². The van der Waals surface area contributed by atoms with Crippen molar-refractivity contribution in [3.05, 3.63) is 106 Å². The van der Waals surface area contributed by atoms with Crippen molar-refractivity contribution in [2.24, 2.45) is 0 Å². The minimum atomic E-state index is -1.17. The highest BCUT2D eigenvalue weighted by molar-refractivity contribution is 6.42. The maximum Gasteiger partial charge on any atom is 0.326 e. The lowest BCUT2D eigenvalue weighted by atomic mass is 10.1. The molecular formula is C27H21Cl2N3O4. The SMILES string of the molecule is O=C(/C=C/c1cn(-c2ccccc2)nc1-c1ccc(Cl)c(Cl)c1)NC(Cc1ccc(O)cc1)C(=O)O. The van der Waals surface area contributed by atoms with E-state index in [4.69, 9.17) is 23.2 Å². The van der Waals surface area contributed by atoms with Crippen molar-refractivity contribution in [3.63, 3.8) is 0 Å². The van der Waals surface area contributed by atoms with Crippen LogP contribution in [0.2, 0.25) is 10.0 Å². The van der Waals surface area contributed by atoms with Crippen molar-refractivity contribution >= 4 is 41.2 Å². The number of nitrogens with zero attached hydrogens (tertiary/aromatic N) is 2. The molecule has 1 heterocycles. The number of carbonyl (C=O) groups excluding carboxylic acids is 1. The molecule has 0 bridgehead atoms. The molecule has 3 aromatic carbocycles. The van der Waals surface area contributed by atoms with Crippen LogP contribution in [0.1, 0.15) is 11.1 Å². The van der Waals surface area contributed by atoms with Gasteiger partial charge in [-0.3, -0.25) is 4.79 Å². The number of aliphatic carboxylic acids is 1. The monoisotopic (exact) mass is 521 g/mol. The molecule has 7 nitrogen and oxygen atoms in total. The van der Waals surface area contributed by atoms with Crippen molar-refractivity contribution in [1.29, 1.82) is 0 Å². The lowest BCUT2D eigenvalue weighted by Gasteiger charge is -2.13. The summed E-state index contributed by atoms with van der Waals surface area (Å²) in [6.07, 6.45) is 4.66. The Kier molecular flexibility index (Phi) is 7.73. The van der Waals surface area contributed by atoms with Gasteiger partial charge in [0.15, 0.2) is 0 Å². The highest BCUT2D eigenvalue weighted by Crippen LogP contribution is 2.30. The lowest BCUT2D eigenvalue weighted by Crippen LogP contribution is -2.41. The predicted octanol–water partition coefficient (Wildman–Crippen LogP) is 5.38. The van der Waals surface area contributed by atoms with Gasteiger partial charge in [-0.2, -0.15) is 5.10 Å². The molecule has 1 amide bonds.